The molecular formula is C12H20N2O2. The molecule has 90 valence electrons. The minimum atomic E-state index is -0.262. The Balaban J connectivity index is 2.85. The molecule has 0 spiro atoms. The van der Waals surface area contributed by atoms with Crippen LogP contribution < -0.4 is 0 Å². The summed E-state index contributed by atoms with van der Waals surface area (Å²) in [5.41, 5.74) is 1.59. The molecule has 1 aromatic rings. The number of carbonyl (C=O) groups is 1. The van der Waals surface area contributed by atoms with Crippen molar-refractivity contribution in [2.24, 2.45) is 0 Å². The molecule has 4 nitrogen and oxygen atoms in total. The van der Waals surface area contributed by atoms with E-state index < -0.39 is 0 Å². The second-order valence-electron chi connectivity index (χ2n) is 3.66. The van der Waals surface area contributed by atoms with Crippen LogP contribution >= 0.6 is 0 Å². The molecule has 0 fully saturated rings. The average Bonchev–Trinajstić information content (AvgIpc) is 2.69. The molecule has 16 heavy (non-hydrogen) atoms. The highest BCUT2D eigenvalue weighted by Gasteiger charge is 2.16. The number of ether oxygens (including phenoxy) is 1. The van der Waals surface area contributed by atoms with Gasteiger partial charge in [0, 0.05) is 6.54 Å². The highest BCUT2D eigenvalue weighted by atomic mass is 16.5. The largest absolute Gasteiger partial charge is 0.462 e. The zero-order chi connectivity index (χ0) is 12.0. The molecule has 0 unspecified atom stereocenters. The summed E-state index contributed by atoms with van der Waals surface area (Å²) in [4.78, 5) is 11.6. The Morgan fingerprint density at radius 1 is 1.44 bits per heavy atom. The Kier molecular flexibility index (Phi) is 5.02. The Morgan fingerprint density at radius 3 is 2.75 bits per heavy atom. The van der Waals surface area contributed by atoms with E-state index in [-0.39, 0.29) is 5.97 Å². The first kappa shape index (κ1) is 12.7. The number of nitrogens with zero attached hydrogens (tertiary/aromatic N) is 2. The highest BCUT2D eigenvalue weighted by molar-refractivity contribution is 5.90. The highest BCUT2D eigenvalue weighted by Crippen LogP contribution is 2.12. The van der Waals surface area contributed by atoms with Crippen molar-refractivity contribution in [3.8, 4) is 0 Å². The minimum absolute atomic E-state index is 0.262. The smallest absolute Gasteiger partial charge is 0.341 e. The molecule has 0 saturated heterocycles. The van der Waals surface area contributed by atoms with Crippen LogP contribution in [0.2, 0.25) is 0 Å². The van der Waals surface area contributed by atoms with Crippen LogP contribution in [0.25, 0.3) is 0 Å². The van der Waals surface area contributed by atoms with E-state index in [1.807, 2.05) is 18.5 Å². The van der Waals surface area contributed by atoms with Crippen LogP contribution in [0.4, 0.5) is 0 Å². The first-order valence-electron chi connectivity index (χ1n) is 5.96. The third-order valence-corrected chi connectivity index (χ3v) is 2.50. The molecule has 0 radical (unpaired) electrons. The van der Waals surface area contributed by atoms with Gasteiger partial charge in [-0.2, -0.15) is 5.10 Å². The van der Waals surface area contributed by atoms with E-state index in [2.05, 4.69) is 12.0 Å². The summed E-state index contributed by atoms with van der Waals surface area (Å²) >= 11 is 0. The van der Waals surface area contributed by atoms with Gasteiger partial charge >= 0.3 is 5.97 Å². The first-order chi connectivity index (χ1) is 7.74. The van der Waals surface area contributed by atoms with E-state index in [4.69, 9.17) is 4.74 Å². The Labute approximate surface area is 96.6 Å². The zero-order valence-electron chi connectivity index (χ0n) is 10.3. The normalized spacial score (nSPS) is 10.4. The predicted molar refractivity (Wildman–Crippen MR) is 62.5 cm³/mol. The molecule has 0 aromatic carbocycles. The van der Waals surface area contributed by atoms with Gasteiger partial charge in [-0.15, -0.1) is 0 Å². The number of hydrogen-bond donors (Lipinski definition) is 0. The van der Waals surface area contributed by atoms with Crippen molar-refractivity contribution >= 4 is 5.97 Å². The van der Waals surface area contributed by atoms with Crippen molar-refractivity contribution < 1.29 is 9.53 Å². The van der Waals surface area contributed by atoms with Gasteiger partial charge in [-0.3, -0.25) is 4.68 Å². The zero-order valence-corrected chi connectivity index (χ0v) is 10.3. The van der Waals surface area contributed by atoms with Gasteiger partial charge in [0.2, 0.25) is 0 Å². The number of hydrogen-bond acceptors (Lipinski definition) is 3. The molecule has 0 bridgehead atoms. The van der Waals surface area contributed by atoms with Crippen molar-refractivity contribution in [2.45, 2.75) is 46.6 Å². The maximum absolute atomic E-state index is 11.6. The van der Waals surface area contributed by atoms with Crippen molar-refractivity contribution in [1.82, 2.24) is 9.78 Å². The van der Waals surface area contributed by atoms with Gasteiger partial charge in [0.25, 0.3) is 0 Å². The van der Waals surface area contributed by atoms with E-state index >= 15 is 0 Å². The topological polar surface area (TPSA) is 44.1 Å². The quantitative estimate of drug-likeness (QED) is 0.697. The molecule has 0 saturated carbocycles. The summed E-state index contributed by atoms with van der Waals surface area (Å²) in [5.74, 6) is -0.262. The van der Waals surface area contributed by atoms with Gasteiger partial charge in [-0.25, -0.2) is 4.79 Å². The maximum atomic E-state index is 11.6. The maximum Gasteiger partial charge on any atom is 0.341 e. The fourth-order valence-corrected chi connectivity index (χ4v) is 1.66. The van der Waals surface area contributed by atoms with Crippen molar-refractivity contribution in [3.05, 3.63) is 17.5 Å². The SMILES string of the molecule is CCCCn1ncc(C(=O)OCC)c1CC. The summed E-state index contributed by atoms with van der Waals surface area (Å²) in [6, 6.07) is 0. The van der Waals surface area contributed by atoms with Gasteiger partial charge in [0.1, 0.15) is 5.56 Å². The van der Waals surface area contributed by atoms with Gasteiger partial charge in [-0.05, 0) is 19.8 Å². The summed E-state index contributed by atoms with van der Waals surface area (Å²) in [5, 5.41) is 4.24. The van der Waals surface area contributed by atoms with Crippen LogP contribution in [0.15, 0.2) is 6.20 Å². The van der Waals surface area contributed by atoms with Crippen molar-refractivity contribution in [3.63, 3.8) is 0 Å². The molecule has 4 heteroatoms. The number of rotatable bonds is 6. The molecule has 0 aliphatic rings. The summed E-state index contributed by atoms with van der Waals surface area (Å²) in [6.45, 7) is 7.26. The van der Waals surface area contributed by atoms with Gasteiger partial charge in [0.15, 0.2) is 0 Å². The van der Waals surface area contributed by atoms with Crippen LogP contribution in [-0.4, -0.2) is 22.4 Å². The number of aryl methyl sites for hydroxylation is 1. The van der Waals surface area contributed by atoms with Gasteiger partial charge in [-0.1, -0.05) is 20.3 Å². The van der Waals surface area contributed by atoms with E-state index in [1.54, 1.807) is 6.20 Å². The van der Waals surface area contributed by atoms with E-state index in [0.717, 1.165) is 31.5 Å². The Hall–Kier alpha value is -1.32. The number of carbonyl (C=O) groups excluding carboxylic acids is 1. The predicted octanol–water partition coefficient (Wildman–Crippen LogP) is 2.42. The average molecular weight is 224 g/mol. The second-order valence-corrected chi connectivity index (χ2v) is 3.66. The molecule has 1 heterocycles. The first-order valence-corrected chi connectivity index (χ1v) is 5.96. The molecule has 0 amide bonds. The Bertz CT molecular complexity index is 345. The van der Waals surface area contributed by atoms with Crippen molar-refractivity contribution in [1.29, 1.82) is 0 Å². The van der Waals surface area contributed by atoms with E-state index in [9.17, 15) is 4.79 Å². The molecule has 0 aliphatic carbocycles. The second kappa shape index (κ2) is 6.30. The van der Waals surface area contributed by atoms with Gasteiger partial charge in [0.05, 0.1) is 18.5 Å². The van der Waals surface area contributed by atoms with Crippen LogP contribution in [0.1, 0.15) is 49.7 Å². The summed E-state index contributed by atoms with van der Waals surface area (Å²) in [7, 11) is 0. The third-order valence-electron chi connectivity index (χ3n) is 2.50. The molecule has 0 atom stereocenters. The fourth-order valence-electron chi connectivity index (χ4n) is 1.66. The Morgan fingerprint density at radius 2 is 2.19 bits per heavy atom. The van der Waals surface area contributed by atoms with Crippen molar-refractivity contribution in [2.75, 3.05) is 6.61 Å². The molecule has 0 N–H and O–H groups in total. The van der Waals surface area contributed by atoms with Crippen LogP contribution in [-0.2, 0) is 17.7 Å². The van der Waals surface area contributed by atoms with Gasteiger partial charge < -0.3 is 4.74 Å². The number of aromatic nitrogens is 2. The van der Waals surface area contributed by atoms with Crippen LogP contribution in [0, 0.1) is 0 Å². The van der Waals surface area contributed by atoms with Crippen LogP contribution in [0.3, 0.4) is 0 Å². The molecule has 0 aliphatic heterocycles. The number of esters is 1. The van der Waals surface area contributed by atoms with E-state index in [0.29, 0.717) is 12.2 Å². The lowest BCUT2D eigenvalue weighted by atomic mass is 10.2. The van der Waals surface area contributed by atoms with E-state index in [1.165, 1.54) is 0 Å². The lowest BCUT2D eigenvalue weighted by Crippen LogP contribution is -2.10. The standard InChI is InChI=1S/C12H20N2O2/c1-4-7-8-14-11(5-2)10(9-13-14)12(15)16-6-3/h9H,4-8H2,1-3H3. The molecule has 1 rings (SSSR count). The minimum Gasteiger partial charge on any atom is -0.462 e. The summed E-state index contributed by atoms with van der Waals surface area (Å²) < 4.78 is 6.91. The van der Waals surface area contributed by atoms with Crippen LogP contribution in [0.5, 0.6) is 0 Å². The lowest BCUT2D eigenvalue weighted by Gasteiger charge is -2.06. The summed E-state index contributed by atoms with van der Waals surface area (Å²) in [6.07, 6.45) is 4.62. The number of unbranched alkanes of at least 4 members (excludes halogenated alkanes) is 1. The lowest BCUT2D eigenvalue weighted by molar-refractivity contribution is 0.0525. The third kappa shape index (κ3) is 2.84. The fraction of sp³-hybridized carbons (Fsp3) is 0.667. The molecular weight excluding hydrogens is 204 g/mol. The molecule has 1 aromatic heterocycles. The monoisotopic (exact) mass is 224 g/mol.